The molecule has 0 spiro atoms. The van der Waals surface area contributed by atoms with Gasteiger partial charge in [-0.1, -0.05) is 35.1 Å². The minimum atomic E-state index is -0.547. The lowest BCUT2D eigenvalue weighted by Gasteiger charge is -2.09. The molecule has 0 radical (unpaired) electrons. The first kappa shape index (κ1) is 19.1. The normalized spacial score (nSPS) is 14.7. The van der Waals surface area contributed by atoms with Gasteiger partial charge in [0.2, 0.25) is 0 Å². The summed E-state index contributed by atoms with van der Waals surface area (Å²) in [6.45, 7) is 1.71. The summed E-state index contributed by atoms with van der Waals surface area (Å²) < 4.78 is 16.2. The highest BCUT2D eigenvalue weighted by Crippen LogP contribution is 2.23. The molecular weight excluding hydrogens is 393 g/mol. The standard InChI is InChI=1S/C24H19FN5O/c1-2-23(31)19-7-6-17(12-20(19)25)22-14-28-24-27-13-18(30(24)29-22)11-15-5-8-21-16(10-15)4-3-9-26-21/h3-10,12-14,18H,2,11H2,1H3/q+1. The van der Waals surface area contributed by atoms with Crippen molar-refractivity contribution in [3.63, 3.8) is 0 Å². The first-order valence-electron chi connectivity index (χ1n) is 10.1. The molecule has 2 aromatic heterocycles. The number of carbonyl (C=O) groups is 1. The van der Waals surface area contributed by atoms with Crippen LogP contribution in [-0.4, -0.2) is 27.1 Å². The molecule has 4 aromatic rings. The Labute approximate surface area is 178 Å². The molecule has 0 fully saturated rings. The number of ketones is 1. The molecule has 0 aliphatic carbocycles. The molecule has 0 N–H and O–H groups in total. The molecule has 1 unspecified atom stereocenters. The Morgan fingerprint density at radius 1 is 1.13 bits per heavy atom. The van der Waals surface area contributed by atoms with Gasteiger partial charge in [0.15, 0.2) is 11.8 Å². The summed E-state index contributed by atoms with van der Waals surface area (Å²) in [6, 6.07) is 14.6. The van der Waals surface area contributed by atoms with Crippen LogP contribution in [0, 0.1) is 5.82 Å². The highest BCUT2D eigenvalue weighted by Gasteiger charge is 2.29. The predicted molar refractivity (Wildman–Crippen MR) is 115 cm³/mol. The van der Waals surface area contributed by atoms with Gasteiger partial charge in [-0.3, -0.25) is 9.78 Å². The average Bonchev–Trinajstić information content (AvgIpc) is 3.20. The van der Waals surface area contributed by atoms with E-state index in [1.54, 1.807) is 30.1 Å². The van der Waals surface area contributed by atoms with E-state index in [4.69, 9.17) is 0 Å². The van der Waals surface area contributed by atoms with Crippen LogP contribution in [0.25, 0.3) is 22.2 Å². The first-order chi connectivity index (χ1) is 15.1. The van der Waals surface area contributed by atoms with Crippen molar-refractivity contribution in [1.82, 2.24) is 15.1 Å². The van der Waals surface area contributed by atoms with E-state index in [1.165, 1.54) is 12.1 Å². The van der Waals surface area contributed by atoms with Gasteiger partial charge in [-0.15, -0.1) is 9.78 Å². The fourth-order valence-electron chi connectivity index (χ4n) is 3.75. The van der Waals surface area contributed by atoms with E-state index in [0.717, 1.165) is 16.5 Å². The van der Waals surface area contributed by atoms with Crippen molar-refractivity contribution in [1.29, 1.82) is 0 Å². The number of pyridine rings is 1. The topological polar surface area (TPSA) is 72.0 Å². The Kier molecular flexibility index (Phi) is 4.78. The number of rotatable bonds is 5. The second kappa shape index (κ2) is 7.75. The van der Waals surface area contributed by atoms with Crippen molar-refractivity contribution in [2.45, 2.75) is 25.8 Å². The monoisotopic (exact) mass is 412 g/mol. The van der Waals surface area contributed by atoms with Gasteiger partial charge in [0.25, 0.3) is 0 Å². The van der Waals surface area contributed by atoms with Crippen molar-refractivity contribution in [3.8, 4) is 11.3 Å². The molecular formula is C24H19FN5O+. The van der Waals surface area contributed by atoms with Crippen LogP contribution >= 0.6 is 0 Å². The van der Waals surface area contributed by atoms with Crippen LogP contribution in [0.3, 0.4) is 0 Å². The number of carbonyl (C=O) groups excluding carboxylic acids is 1. The fourth-order valence-corrected chi connectivity index (χ4v) is 3.75. The van der Waals surface area contributed by atoms with Gasteiger partial charge >= 0.3 is 5.95 Å². The van der Waals surface area contributed by atoms with E-state index in [1.807, 2.05) is 24.4 Å². The number of Topliss-reactive ketones (excluding diaryl/α,β-unsaturated/α-hetero) is 1. The summed E-state index contributed by atoms with van der Waals surface area (Å²) in [5, 5.41) is 5.75. The lowest BCUT2D eigenvalue weighted by Crippen LogP contribution is -2.43. The first-order valence-corrected chi connectivity index (χ1v) is 10.1. The molecule has 7 heteroatoms. The van der Waals surface area contributed by atoms with Crippen LogP contribution in [0.4, 0.5) is 10.3 Å². The number of hydrogen-bond donors (Lipinski definition) is 0. The van der Waals surface area contributed by atoms with Crippen molar-refractivity contribution < 1.29 is 13.9 Å². The number of fused-ring (bicyclic) bond motifs is 2. The van der Waals surface area contributed by atoms with Crippen molar-refractivity contribution in [2.75, 3.05) is 0 Å². The maximum absolute atomic E-state index is 14.4. The van der Waals surface area contributed by atoms with Crippen LogP contribution in [0.1, 0.15) is 35.3 Å². The highest BCUT2D eigenvalue weighted by molar-refractivity contribution is 5.96. The molecule has 3 heterocycles. The van der Waals surface area contributed by atoms with Gasteiger partial charge in [0.05, 0.1) is 11.1 Å². The van der Waals surface area contributed by atoms with Gasteiger partial charge in [-0.05, 0) is 35.9 Å². The number of hydrogen-bond acceptors (Lipinski definition) is 5. The molecule has 1 atom stereocenters. The Balaban J connectivity index is 1.44. The SMILES string of the molecule is CCC(=O)c1ccc(-c2cnc3[n+](n2)C(Cc2ccc4ncccc4c2)C=N3)cc1F. The minimum absolute atomic E-state index is 0.0950. The zero-order chi connectivity index (χ0) is 21.4. The molecule has 2 aromatic carbocycles. The Morgan fingerprint density at radius 2 is 2.03 bits per heavy atom. The zero-order valence-electron chi connectivity index (χ0n) is 16.9. The Hall–Kier alpha value is -3.87. The summed E-state index contributed by atoms with van der Waals surface area (Å²) >= 11 is 0. The number of nitrogens with zero attached hydrogens (tertiary/aromatic N) is 5. The van der Waals surface area contributed by atoms with Gasteiger partial charge in [0, 0.05) is 30.0 Å². The predicted octanol–water partition coefficient (Wildman–Crippen LogP) is 4.21. The van der Waals surface area contributed by atoms with E-state index in [-0.39, 0.29) is 23.8 Å². The number of aliphatic imine (C=N–C) groups is 1. The summed E-state index contributed by atoms with van der Waals surface area (Å²) in [7, 11) is 0. The van der Waals surface area contributed by atoms with Crippen LogP contribution in [0.2, 0.25) is 0 Å². The Bertz CT molecular complexity index is 1350. The highest BCUT2D eigenvalue weighted by atomic mass is 19.1. The Morgan fingerprint density at radius 3 is 2.87 bits per heavy atom. The van der Waals surface area contributed by atoms with Gasteiger partial charge in [0.1, 0.15) is 23.9 Å². The molecule has 5 rings (SSSR count). The van der Waals surface area contributed by atoms with Gasteiger partial charge in [-0.2, -0.15) is 0 Å². The lowest BCUT2D eigenvalue weighted by molar-refractivity contribution is -0.746. The van der Waals surface area contributed by atoms with E-state index in [0.29, 0.717) is 23.6 Å². The van der Waals surface area contributed by atoms with Crippen molar-refractivity contribution in [3.05, 3.63) is 77.9 Å². The summed E-state index contributed by atoms with van der Waals surface area (Å²) in [6.07, 6.45) is 6.14. The molecule has 0 saturated carbocycles. The van der Waals surface area contributed by atoms with Crippen molar-refractivity contribution >= 4 is 28.8 Å². The third-order valence-corrected chi connectivity index (χ3v) is 5.40. The number of halogens is 1. The second-order valence-electron chi connectivity index (χ2n) is 7.44. The minimum Gasteiger partial charge on any atom is -0.294 e. The van der Waals surface area contributed by atoms with E-state index < -0.39 is 5.82 Å². The van der Waals surface area contributed by atoms with Crippen LogP contribution in [-0.2, 0) is 6.42 Å². The quantitative estimate of drug-likeness (QED) is 0.364. The van der Waals surface area contributed by atoms with Gasteiger partial charge in [-0.25, -0.2) is 4.39 Å². The number of aromatic nitrogens is 4. The maximum Gasteiger partial charge on any atom is 0.452 e. The van der Waals surface area contributed by atoms with Crippen molar-refractivity contribution in [2.24, 2.45) is 4.99 Å². The van der Waals surface area contributed by atoms with E-state index in [2.05, 4.69) is 32.2 Å². The van der Waals surface area contributed by atoms with Gasteiger partial charge < -0.3 is 0 Å². The maximum atomic E-state index is 14.4. The third kappa shape index (κ3) is 3.59. The fraction of sp³-hybridized carbons (Fsp3) is 0.167. The molecule has 31 heavy (non-hydrogen) atoms. The van der Waals surface area contributed by atoms with Crippen LogP contribution in [0.15, 0.2) is 65.9 Å². The third-order valence-electron chi connectivity index (χ3n) is 5.40. The summed E-state index contributed by atoms with van der Waals surface area (Å²) in [5.74, 6) is -0.263. The molecule has 0 saturated heterocycles. The number of benzene rings is 2. The molecule has 0 bridgehead atoms. The second-order valence-corrected chi connectivity index (χ2v) is 7.44. The largest absolute Gasteiger partial charge is 0.452 e. The molecule has 0 amide bonds. The molecule has 1 aliphatic heterocycles. The summed E-state index contributed by atoms with van der Waals surface area (Å²) in [5.41, 5.74) is 3.28. The van der Waals surface area contributed by atoms with Crippen LogP contribution < -0.4 is 4.68 Å². The average molecular weight is 412 g/mol. The lowest BCUT2D eigenvalue weighted by atomic mass is 10.0. The van der Waals surface area contributed by atoms with Crippen LogP contribution in [0.5, 0.6) is 0 Å². The van der Waals surface area contributed by atoms with E-state index in [9.17, 15) is 9.18 Å². The zero-order valence-corrected chi connectivity index (χ0v) is 16.9. The smallest absolute Gasteiger partial charge is 0.294 e. The van der Waals surface area contributed by atoms with E-state index >= 15 is 0 Å². The molecule has 6 nitrogen and oxygen atoms in total. The molecule has 1 aliphatic rings. The molecule has 152 valence electrons. The summed E-state index contributed by atoms with van der Waals surface area (Å²) in [4.78, 5) is 25.0.